The molecule has 0 saturated heterocycles. The molecule has 0 saturated carbocycles. The van der Waals surface area contributed by atoms with Gasteiger partial charge in [0.05, 0.1) is 13.0 Å². The van der Waals surface area contributed by atoms with Gasteiger partial charge in [0, 0.05) is 6.07 Å². The van der Waals surface area contributed by atoms with Gasteiger partial charge in [-0.05, 0) is 12.1 Å². The molecule has 0 aliphatic carbocycles. The van der Waals surface area contributed by atoms with Crippen LogP contribution in [0.15, 0.2) is 24.3 Å². The van der Waals surface area contributed by atoms with Gasteiger partial charge in [0.25, 0.3) is 0 Å². The second-order valence-corrected chi connectivity index (χ2v) is 2.54. The quantitative estimate of drug-likeness (QED) is 0.511. The van der Waals surface area contributed by atoms with Crippen LogP contribution in [-0.4, -0.2) is 13.2 Å². The standard InChI is InChI=1S/C10H10FNO/c1-12-6-3-7-13-10-5-2-4-9(11)8-10/h2,4-5,8H,3,6-7H2. The molecule has 0 aliphatic rings. The minimum Gasteiger partial charge on any atom is -0.493 e. The predicted octanol–water partition coefficient (Wildman–Crippen LogP) is 2.51. The second kappa shape index (κ2) is 5.15. The molecule has 68 valence electrons. The molecule has 3 heteroatoms. The lowest BCUT2D eigenvalue weighted by molar-refractivity contribution is 0.314. The third kappa shape index (κ3) is 3.57. The van der Waals surface area contributed by atoms with E-state index in [2.05, 4.69) is 4.85 Å². The zero-order chi connectivity index (χ0) is 9.52. The van der Waals surface area contributed by atoms with Crippen molar-refractivity contribution in [2.75, 3.05) is 13.2 Å². The molecule has 2 nitrogen and oxygen atoms in total. The van der Waals surface area contributed by atoms with Gasteiger partial charge in [-0.25, -0.2) is 11.0 Å². The molecule has 0 atom stereocenters. The van der Waals surface area contributed by atoms with Crippen molar-refractivity contribution in [2.24, 2.45) is 0 Å². The zero-order valence-corrected chi connectivity index (χ0v) is 7.16. The number of ether oxygens (including phenoxy) is 1. The van der Waals surface area contributed by atoms with Crippen LogP contribution in [-0.2, 0) is 0 Å². The fraction of sp³-hybridized carbons (Fsp3) is 0.300. The molecule has 1 aromatic rings. The molecule has 1 aromatic carbocycles. The first kappa shape index (κ1) is 9.53. The van der Waals surface area contributed by atoms with E-state index < -0.39 is 0 Å². The number of halogens is 1. The Morgan fingerprint density at radius 1 is 1.46 bits per heavy atom. The van der Waals surface area contributed by atoms with Crippen molar-refractivity contribution in [3.8, 4) is 5.75 Å². The van der Waals surface area contributed by atoms with Gasteiger partial charge in [0.2, 0.25) is 6.54 Å². The Bertz CT molecular complexity index is 306. The van der Waals surface area contributed by atoms with Gasteiger partial charge in [-0.15, -0.1) is 0 Å². The smallest absolute Gasteiger partial charge is 0.217 e. The molecular formula is C10H10FNO. The summed E-state index contributed by atoms with van der Waals surface area (Å²) < 4.78 is 17.8. The third-order valence-electron chi connectivity index (χ3n) is 1.48. The fourth-order valence-corrected chi connectivity index (χ4v) is 0.890. The van der Waals surface area contributed by atoms with E-state index in [1.807, 2.05) is 0 Å². The van der Waals surface area contributed by atoms with Crippen LogP contribution in [0.3, 0.4) is 0 Å². The van der Waals surface area contributed by atoms with Gasteiger partial charge in [-0.1, -0.05) is 6.07 Å². The molecule has 0 unspecified atom stereocenters. The summed E-state index contributed by atoms with van der Waals surface area (Å²) >= 11 is 0. The van der Waals surface area contributed by atoms with E-state index in [0.717, 1.165) is 0 Å². The van der Waals surface area contributed by atoms with Crippen molar-refractivity contribution in [3.63, 3.8) is 0 Å². The van der Waals surface area contributed by atoms with Crippen molar-refractivity contribution in [1.29, 1.82) is 0 Å². The highest BCUT2D eigenvalue weighted by Gasteiger charge is 1.95. The highest BCUT2D eigenvalue weighted by molar-refractivity contribution is 5.22. The molecule has 0 radical (unpaired) electrons. The van der Waals surface area contributed by atoms with Crippen molar-refractivity contribution < 1.29 is 9.13 Å². The molecule has 0 N–H and O–H groups in total. The molecule has 0 fully saturated rings. The summed E-state index contributed by atoms with van der Waals surface area (Å²) in [6.07, 6.45) is 0.681. The fourth-order valence-electron chi connectivity index (χ4n) is 0.890. The van der Waals surface area contributed by atoms with Crippen molar-refractivity contribution >= 4 is 0 Å². The predicted molar refractivity (Wildman–Crippen MR) is 48.0 cm³/mol. The number of hydrogen-bond donors (Lipinski definition) is 0. The summed E-state index contributed by atoms with van der Waals surface area (Å²) in [7, 11) is 0. The van der Waals surface area contributed by atoms with Crippen molar-refractivity contribution in [1.82, 2.24) is 0 Å². The Hall–Kier alpha value is -1.56. The average molecular weight is 179 g/mol. The van der Waals surface area contributed by atoms with Crippen LogP contribution in [0.4, 0.5) is 4.39 Å². The van der Waals surface area contributed by atoms with Gasteiger partial charge in [-0.2, -0.15) is 0 Å². The first-order valence-corrected chi connectivity index (χ1v) is 4.04. The highest BCUT2D eigenvalue weighted by atomic mass is 19.1. The minimum absolute atomic E-state index is 0.303. The van der Waals surface area contributed by atoms with Gasteiger partial charge < -0.3 is 9.58 Å². The Balaban J connectivity index is 2.33. The van der Waals surface area contributed by atoms with E-state index >= 15 is 0 Å². The maximum Gasteiger partial charge on any atom is 0.217 e. The maximum absolute atomic E-state index is 12.6. The third-order valence-corrected chi connectivity index (χ3v) is 1.48. The van der Waals surface area contributed by atoms with Crippen LogP contribution in [0.5, 0.6) is 5.75 Å². The summed E-state index contributed by atoms with van der Waals surface area (Å²) in [5, 5.41) is 0. The Morgan fingerprint density at radius 2 is 2.31 bits per heavy atom. The zero-order valence-electron chi connectivity index (χ0n) is 7.16. The Morgan fingerprint density at radius 3 is 3.00 bits per heavy atom. The number of nitrogens with zero attached hydrogens (tertiary/aromatic N) is 1. The van der Waals surface area contributed by atoms with Crippen LogP contribution in [0.1, 0.15) is 6.42 Å². The molecule has 0 bridgehead atoms. The second-order valence-electron chi connectivity index (χ2n) is 2.54. The first-order chi connectivity index (χ1) is 6.33. The van der Waals surface area contributed by atoms with E-state index in [1.54, 1.807) is 12.1 Å². The normalized spacial score (nSPS) is 9.23. The molecule has 0 heterocycles. The van der Waals surface area contributed by atoms with Gasteiger partial charge in [-0.3, -0.25) is 0 Å². The lowest BCUT2D eigenvalue weighted by Crippen LogP contribution is -1.98. The summed E-state index contributed by atoms with van der Waals surface area (Å²) in [5.74, 6) is 0.215. The topological polar surface area (TPSA) is 13.6 Å². The summed E-state index contributed by atoms with van der Waals surface area (Å²) in [6, 6.07) is 5.99. The molecule has 0 spiro atoms. The van der Waals surface area contributed by atoms with Crippen LogP contribution >= 0.6 is 0 Å². The minimum atomic E-state index is -0.303. The van der Waals surface area contributed by atoms with E-state index in [4.69, 9.17) is 11.3 Å². The molecule has 13 heavy (non-hydrogen) atoms. The molecule has 0 amide bonds. The number of hydrogen-bond acceptors (Lipinski definition) is 1. The van der Waals surface area contributed by atoms with Crippen LogP contribution in [0, 0.1) is 12.4 Å². The Labute approximate surface area is 76.8 Å². The van der Waals surface area contributed by atoms with Gasteiger partial charge >= 0.3 is 0 Å². The molecular weight excluding hydrogens is 169 g/mol. The SMILES string of the molecule is [C-]#[N+]CCCOc1cccc(F)c1. The molecule has 0 aliphatic heterocycles. The summed E-state index contributed by atoms with van der Waals surface area (Å²) in [4.78, 5) is 3.18. The van der Waals surface area contributed by atoms with Crippen molar-refractivity contribution in [2.45, 2.75) is 6.42 Å². The van der Waals surface area contributed by atoms with E-state index in [1.165, 1.54) is 12.1 Å². The monoisotopic (exact) mass is 179 g/mol. The van der Waals surface area contributed by atoms with Crippen LogP contribution < -0.4 is 4.74 Å². The summed E-state index contributed by atoms with van der Waals surface area (Å²) in [6.45, 7) is 7.45. The first-order valence-electron chi connectivity index (χ1n) is 4.04. The van der Waals surface area contributed by atoms with E-state index in [9.17, 15) is 4.39 Å². The largest absolute Gasteiger partial charge is 0.493 e. The Kier molecular flexibility index (Phi) is 3.77. The number of rotatable bonds is 4. The number of benzene rings is 1. The van der Waals surface area contributed by atoms with E-state index in [-0.39, 0.29) is 5.82 Å². The molecule has 0 aromatic heterocycles. The average Bonchev–Trinajstić information content (AvgIpc) is 2.13. The maximum atomic E-state index is 12.6. The lowest BCUT2D eigenvalue weighted by Gasteiger charge is -2.02. The van der Waals surface area contributed by atoms with Crippen LogP contribution in [0.25, 0.3) is 4.85 Å². The van der Waals surface area contributed by atoms with Gasteiger partial charge in [0.1, 0.15) is 11.6 Å². The highest BCUT2D eigenvalue weighted by Crippen LogP contribution is 2.11. The lowest BCUT2D eigenvalue weighted by atomic mass is 10.3. The van der Waals surface area contributed by atoms with Gasteiger partial charge in [0.15, 0.2) is 0 Å². The molecule has 1 rings (SSSR count). The van der Waals surface area contributed by atoms with Crippen LogP contribution in [0.2, 0.25) is 0 Å². The van der Waals surface area contributed by atoms with E-state index in [0.29, 0.717) is 25.3 Å². The summed E-state index contributed by atoms with van der Waals surface area (Å²) in [5.41, 5.74) is 0. The van der Waals surface area contributed by atoms with Crippen molar-refractivity contribution in [3.05, 3.63) is 41.5 Å².